The summed E-state index contributed by atoms with van der Waals surface area (Å²) in [5, 5.41) is 6.13. The van der Waals surface area contributed by atoms with E-state index in [1.54, 1.807) is 11.5 Å². The third kappa shape index (κ3) is 2.22. The van der Waals surface area contributed by atoms with E-state index in [1.165, 1.54) is 36.1 Å². The van der Waals surface area contributed by atoms with E-state index in [-0.39, 0.29) is 0 Å². The molecule has 1 saturated carbocycles. The van der Waals surface area contributed by atoms with Crippen molar-refractivity contribution in [1.82, 2.24) is 4.37 Å². The quantitative estimate of drug-likeness (QED) is 0.892. The van der Waals surface area contributed by atoms with E-state index >= 15 is 0 Å². The first-order valence-corrected chi connectivity index (χ1v) is 7.47. The lowest BCUT2D eigenvalue weighted by Gasteiger charge is -2.31. The van der Waals surface area contributed by atoms with Crippen molar-refractivity contribution in [1.29, 1.82) is 0 Å². The van der Waals surface area contributed by atoms with Crippen LogP contribution in [0.3, 0.4) is 0 Å². The zero-order valence-corrected chi connectivity index (χ0v) is 11.2. The monoisotopic (exact) mass is 261 g/mol. The minimum atomic E-state index is 0.521. The Kier molecular flexibility index (Phi) is 3.48. The fourth-order valence-corrected chi connectivity index (χ4v) is 3.67. The molecule has 0 aliphatic heterocycles. The summed E-state index contributed by atoms with van der Waals surface area (Å²) in [5.41, 5.74) is 6.97. The van der Waals surface area contributed by atoms with E-state index in [2.05, 4.69) is 27.9 Å². The van der Waals surface area contributed by atoms with Crippen LogP contribution in [0.15, 0.2) is 24.3 Å². The third-order valence-electron chi connectivity index (χ3n) is 3.91. The van der Waals surface area contributed by atoms with Gasteiger partial charge in [-0.05, 0) is 49.0 Å². The van der Waals surface area contributed by atoms with E-state index in [1.807, 2.05) is 6.07 Å². The fourth-order valence-electron chi connectivity index (χ4n) is 2.84. The van der Waals surface area contributed by atoms with Crippen molar-refractivity contribution in [2.75, 3.05) is 11.9 Å². The van der Waals surface area contributed by atoms with E-state index in [4.69, 9.17) is 5.73 Å². The van der Waals surface area contributed by atoms with Crippen LogP contribution in [0, 0.1) is 5.92 Å². The topological polar surface area (TPSA) is 50.9 Å². The Morgan fingerprint density at radius 2 is 2.11 bits per heavy atom. The molecule has 1 aromatic carbocycles. The molecule has 0 amide bonds. The highest BCUT2D eigenvalue weighted by atomic mass is 32.1. The van der Waals surface area contributed by atoms with Crippen LogP contribution in [-0.2, 0) is 0 Å². The molecule has 1 aromatic heterocycles. The van der Waals surface area contributed by atoms with Gasteiger partial charge in [-0.25, -0.2) is 0 Å². The van der Waals surface area contributed by atoms with Crippen LogP contribution in [0.5, 0.6) is 0 Å². The molecule has 1 aliphatic carbocycles. The van der Waals surface area contributed by atoms with E-state index < -0.39 is 0 Å². The predicted molar refractivity (Wildman–Crippen MR) is 78.0 cm³/mol. The lowest BCUT2D eigenvalue weighted by atomic mass is 9.84. The van der Waals surface area contributed by atoms with Crippen molar-refractivity contribution in [2.24, 2.45) is 11.7 Å². The largest absolute Gasteiger partial charge is 0.372 e. The average molecular weight is 261 g/mol. The highest BCUT2D eigenvalue weighted by molar-refractivity contribution is 7.11. The number of nitrogens with one attached hydrogen (secondary N) is 1. The maximum absolute atomic E-state index is 5.88. The number of nitrogens with zero attached hydrogens (tertiary/aromatic N) is 1. The molecule has 2 aromatic rings. The zero-order valence-electron chi connectivity index (χ0n) is 10.4. The molecule has 2 atom stereocenters. The van der Waals surface area contributed by atoms with Gasteiger partial charge in [-0.15, -0.1) is 0 Å². The van der Waals surface area contributed by atoms with Crippen LogP contribution < -0.4 is 11.1 Å². The highest BCUT2D eigenvalue weighted by Crippen LogP contribution is 2.32. The van der Waals surface area contributed by atoms with Gasteiger partial charge in [0, 0.05) is 11.4 Å². The van der Waals surface area contributed by atoms with Gasteiger partial charge in [0.05, 0.1) is 5.52 Å². The lowest BCUT2D eigenvalue weighted by molar-refractivity contribution is 0.333. The Balaban J connectivity index is 1.82. The van der Waals surface area contributed by atoms with Crippen LogP contribution in [0.2, 0.25) is 0 Å². The number of fused-ring (bicyclic) bond motifs is 1. The molecule has 3 rings (SSSR count). The van der Waals surface area contributed by atoms with Crippen LogP contribution >= 0.6 is 11.5 Å². The number of aromatic nitrogens is 1. The minimum absolute atomic E-state index is 0.521. The van der Waals surface area contributed by atoms with Crippen LogP contribution in [-0.4, -0.2) is 17.0 Å². The maximum atomic E-state index is 5.88. The summed E-state index contributed by atoms with van der Waals surface area (Å²) >= 11 is 1.57. The van der Waals surface area contributed by atoms with Gasteiger partial charge in [0.1, 0.15) is 5.00 Å². The number of benzene rings is 1. The summed E-state index contributed by atoms with van der Waals surface area (Å²) < 4.78 is 4.48. The molecule has 1 heterocycles. The van der Waals surface area contributed by atoms with Gasteiger partial charge in [0.2, 0.25) is 0 Å². The van der Waals surface area contributed by atoms with Gasteiger partial charge >= 0.3 is 0 Å². The Morgan fingerprint density at radius 3 is 3.00 bits per heavy atom. The van der Waals surface area contributed by atoms with Gasteiger partial charge in [-0.3, -0.25) is 0 Å². The second-order valence-electron chi connectivity index (χ2n) is 5.06. The molecule has 0 bridgehead atoms. The van der Waals surface area contributed by atoms with Crippen LogP contribution in [0.25, 0.3) is 10.9 Å². The minimum Gasteiger partial charge on any atom is -0.372 e. The summed E-state index contributed by atoms with van der Waals surface area (Å²) in [6.45, 7) is 0.786. The molecule has 2 unspecified atom stereocenters. The molecule has 0 spiro atoms. The SMILES string of the molecule is NCC1CCCCC1Nc1snc2ccccc12. The van der Waals surface area contributed by atoms with Crippen molar-refractivity contribution in [2.45, 2.75) is 31.7 Å². The van der Waals surface area contributed by atoms with Gasteiger partial charge in [-0.2, -0.15) is 4.37 Å². The first kappa shape index (κ1) is 11.9. The Bertz CT molecular complexity index is 522. The molecule has 3 N–H and O–H groups in total. The lowest BCUT2D eigenvalue weighted by Crippen LogP contribution is -2.36. The fraction of sp³-hybridized carbons (Fsp3) is 0.500. The van der Waals surface area contributed by atoms with Crippen molar-refractivity contribution in [3.63, 3.8) is 0 Å². The Morgan fingerprint density at radius 1 is 1.28 bits per heavy atom. The molecule has 4 heteroatoms. The first-order valence-electron chi connectivity index (χ1n) is 6.69. The Labute approximate surface area is 112 Å². The summed E-state index contributed by atoms with van der Waals surface area (Å²) in [5.74, 6) is 0.611. The molecule has 96 valence electrons. The van der Waals surface area contributed by atoms with Gasteiger partial charge in [0.25, 0.3) is 0 Å². The number of nitrogens with two attached hydrogens (primary N) is 1. The van der Waals surface area contributed by atoms with Crippen LogP contribution in [0.1, 0.15) is 25.7 Å². The van der Waals surface area contributed by atoms with Gasteiger partial charge < -0.3 is 11.1 Å². The molecule has 0 saturated heterocycles. The molecular weight excluding hydrogens is 242 g/mol. The van der Waals surface area contributed by atoms with E-state index in [9.17, 15) is 0 Å². The number of hydrogen-bond donors (Lipinski definition) is 2. The number of hydrogen-bond acceptors (Lipinski definition) is 4. The van der Waals surface area contributed by atoms with Crippen molar-refractivity contribution >= 4 is 27.4 Å². The predicted octanol–water partition coefficient (Wildman–Crippen LogP) is 3.23. The number of anilines is 1. The molecule has 1 aliphatic rings. The average Bonchev–Trinajstić information content (AvgIpc) is 2.83. The second-order valence-corrected chi connectivity index (χ2v) is 5.83. The normalized spacial score (nSPS) is 24.3. The summed E-state index contributed by atoms with van der Waals surface area (Å²) in [7, 11) is 0. The third-order valence-corrected chi connectivity index (χ3v) is 4.72. The highest BCUT2D eigenvalue weighted by Gasteiger charge is 2.24. The van der Waals surface area contributed by atoms with E-state index in [0.717, 1.165) is 12.1 Å². The van der Waals surface area contributed by atoms with Crippen molar-refractivity contribution < 1.29 is 0 Å². The molecule has 0 radical (unpaired) electrons. The van der Waals surface area contributed by atoms with Crippen molar-refractivity contribution in [3.8, 4) is 0 Å². The molecule has 3 nitrogen and oxygen atoms in total. The maximum Gasteiger partial charge on any atom is 0.117 e. The van der Waals surface area contributed by atoms with Crippen LogP contribution in [0.4, 0.5) is 5.00 Å². The Hall–Kier alpha value is -1.13. The first-order chi connectivity index (χ1) is 8.88. The zero-order chi connectivity index (χ0) is 12.4. The number of rotatable bonds is 3. The standard InChI is InChI=1S/C14H19N3S/c15-9-10-5-1-3-7-12(10)16-14-11-6-2-4-8-13(11)17-18-14/h2,4,6,8,10,12,16H,1,3,5,7,9,15H2. The summed E-state index contributed by atoms with van der Waals surface area (Å²) in [4.78, 5) is 0. The van der Waals surface area contributed by atoms with E-state index in [0.29, 0.717) is 12.0 Å². The van der Waals surface area contributed by atoms with Crippen molar-refractivity contribution in [3.05, 3.63) is 24.3 Å². The van der Waals surface area contributed by atoms with Gasteiger partial charge in [0.15, 0.2) is 0 Å². The smallest absolute Gasteiger partial charge is 0.117 e. The van der Waals surface area contributed by atoms with Gasteiger partial charge in [-0.1, -0.05) is 25.0 Å². The summed E-state index contributed by atoms with van der Waals surface area (Å²) in [6, 6.07) is 8.84. The molecular formula is C14H19N3S. The molecule has 18 heavy (non-hydrogen) atoms. The molecule has 1 fully saturated rings. The second kappa shape index (κ2) is 5.24. The summed E-state index contributed by atoms with van der Waals surface area (Å²) in [6.07, 6.45) is 5.12.